The van der Waals surface area contributed by atoms with Gasteiger partial charge in [0.05, 0.1) is 23.9 Å². The van der Waals surface area contributed by atoms with Crippen LogP contribution < -0.4 is 15.6 Å². The monoisotopic (exact) mass is 595 g/mol. The van der Waals surface area contributed by atoms with Crippen molar-refractivity contribution in [3.8, 4) is 5.75 Å². The molecule has 1 aromatic heterocycles. The van der Waals surface area contributed by atoms with E-state index < -0.39 is 0 Å². The number of phenols is 1. The number of ether oxygens (including phenoxy) is 1. The van der Waals surface area contributed by atoms with Crippen LogP contribution in [0, 0.1) is 6.92 Å². The number of phenolic OH excluding ortho intramolecular Hbond substituents is 1. The Bertz CT molecular complexity index is 1190. The lowest BCUT2D eigenvalue weighted by molar-refractivity contribution is 0.122. The number of anilines is 4. The predicted octanol–water partition coefficient (Wildman–Crippen LogP) is 5.09. The summed E-state index contributed by atoms with van der Waals surface area (Å²) in [4.78, 5) is 15.5. The summed E-state index contributed by atoms with van der Waals surface area (Å²) >= 11 is 13.0. The number of hydrogen-bond acceptors (Lipinski definition) is 9. The molecule has 3 N–H and O–H groups in total. The Morgan fingerprint density at radius 3 is 2.64 bits per heavy atom. The minimum Gasteiger partial charge on any atom is -0.506 e. The van der Waals surface area contributed by atoms with E-state index in [1.54, 1.807) is 12.1 Å². The van der Waals surface area contributed by atoms with Gasteiger partial charge in [-0.25, -0.2) is 5.43 Å². The molecule has 2 aromatic carbocycles. The highest BCUT2D eigenvalue weighted by Crippen LogP contribution is 2.30. The van der Waals surface area contributed by atoms with Gasteiger partial charge < -0.3 is 20.1 Å². The van der Waals surface area contributed by atoms with Crippen molar-refractivity contribution in [2.75, 3.05) is 41.9 Å². The molecule has 0 aliphatic carbocycles. The number of hydrazone groups is 1. The standard InChI is InChI=1S/C21H20Br2ClN7O2/c1-12-2-3-15(10-17(12)24)26-19-27-20(29-21(28-19)31-4-6-33-7-5-31)30-25-11-13-8-14(22)9-16(23)18(13)32/h2-3,8-11,32H,4-7H2,1H3,(H2,26,27,28,29,30)/b25-11+. The van der Waals surface area contributed by atoms with E-state index in [4.69, 9.17) is 16.3 Å². The Morgan fingerprint density at radius 2 is 1.88 bits per heavy atom. The van der Waals surface area contributed by atoms with Crippen LogP contribution in [0.3, 0.4) is 0 Å². The summed E-state index contributed by atoms with van der Waals surface area (Å²) in [6, 6.07) is 9.12. The third-order valence-corrected chi connectivity index (χ3v) is 6.24. The zero-order valence-corrected chi connectivity index (χ0v) is 21.4. The van der Waals surface area contributed by atoms with Crippen molar-refractivity contribution in [3.05, 3.63) is 55.4 Å². The van der Waals surface area contributed by atoms with Crippen LogP contribution in [0.4, 0.5) is 23.5 Å². The van der Waals surface area contributed by atoms with Crippen LogP contribution in [0.25, 0.3) is 0 Å². The van der Waals surface area contributed by atoms with Gasteiger partial charge in [-0.2, -0.15) is 20.1 Å². The lowest BCUT2D eigenvalue weighted by atomic mass is 10.2. The van der Waals surface area contributed by atoms with Crippen LogP contribution in [-0.2, 0) is 4.74 Å². The largest absolute Gasteiger partial charge is 0.506 e. The van der Waals surface area contributed by atoms with Crippen molar-refractivity contribution in [2.24, 2.45) is 5.10 Å². The molecule has 0 amide bonds. The maximum absolute atomic E-state index is 10.2. The molecule has 0 atom stereocenters. The number of nitrogens with one attached hydrogen (secondary N) is 2. The summed E-state index contributed by atoms with van der Waals surface area (Å²) < 4.78 is 6.78. The fourth-order valence-corrected chi connectivity index (χ4v) is 4.46. The van der Waals surface area contributed by atoms with E-state index in [2.05, 4.69) is 62.7 Å². The smallest absolute Gasteiger partial charge is 0.250 e. The summed E-state index contributed by atoms with van der Waals surface area (Å²) in [5, 5.41) is 18.2. The van der Waals surface area contributed by atoms with Gasteiger partial charge in [0, 0.05) is 33.8 Å². The lowest BCUT2D eigenvalue weighted by Crippen LogP contribution is -2.37. The van der Waals surface area contributed by atoms with E-state index in [1.165, 1.54) is 6.21 Å². The number of aromatic nitrogens is 3. The van der Waals surface area contributed by atoms with Crippen molar-refractivity contribution < 1.29 is 9.84 Å². The molecule has 9 nitrogen and oxygen atoms in total. The first kappa shape index (κ1) is 23.7. The minimum absolute atomic E-state index is 0.0759. The molecule has 0 bridgehead atoms. The summed E-state index contributed by atoms with van der Waals surface area (Å²) in [6.45, 7) is 4.47. The first-order chi connectivity index (χ1) is 15.9. The Hall–Kier alpha value is -2.47. The van der Waals surface area contributed by atoms with Gasteiger partial charge >= 0.3 is 0 Å². The lowest BCUT2D eigenvalue weighted by Gasteiger charge is -2.27. The van der Waals surface area contributed by atoms with Crippen molar-refractivity contribution >= 4 is 73.2 Å². The van der Waals surface area contributed by atoms with E-state index in [0.29, 0.717) is 53.3 Å². The minimum atomic E-state index is 0.0759. The molecule has 12 heteroatoms. The van der Waals surface area contributed by atoms with Crippen LogP contribution in [0.1, 0.15) is 11.1 Å². The number of halogens is 3. The first-order valence-electron chi connectivity index (χ1n) is 9.98. The van der Waals surface area contributed by atoms with Gasteiger partial charge in [0.25, 0.3) is 0 Å². The molecule has 1 saturated heterocycles. The second-order valence-electron chi connectivity index (χ2n) is 7.17. The van der Waals surface area contributed by atoms with E-state index in [1.807, 2.05) is 30.0 Å². The van der Waals surface area contributed by atoms with E-state index >= 15 is 0 Å². The summed E-state index contributed by atoms with van der Waals surface area (Å²) in [7, 11) is 0. The van der Waals surface area contributed by atoms with E-state index in [0.717, 1.165) is 15.7 Å². The number of aromatic hydroxyl groups is 1. The maximum Gasteiger partial charge on any atom is 0.250 e. The molecule has 33 heavy (non-hydrogen) atoms. The molecule has 172 valence electrons. The van der Waals surface area contributed by atoms with Gasteiger partial charge in [-0.05, 0) is 52.7 Å². The van der Waals surface area contributed by atoms with Gasteiger partial charge in [0.2, 0.25) is 17.8 Å². The fraction of sp³-hybridized carbons (Fsp3) is 0.238. The van der Waals surface area contributed by atoms with Gasteiger partial charge in [-0.1, -0.05) is 33.6 Å². The van der Waals surface area contributed by atoms with Crippen LogP contribution in [0.15, 0.2) is 44.4 Å². The number of rotatable bonds is 6. The molecule has 0 radical (unpaired) electrons. The van der Waals surface area contributed by atoms with E-state index in [-0.39, 0.29) is 11.7 Å². The molecular formula is C21H20Br2ClN7O2. The Morgan fingerprint density at radius 1 is 1.12 bits per heavy atom. The molecule has 0 saturated carbocycles. The quantitative estimate of drug-likeness (QED) is 0.267. The average Bonchev–Trinajstić information content (AvgIpc) is 2.80. The molecule has 0 unspecified atom stereocenters. The van der Waals surface area contributed by atoms with Crippen LogP contribution in [0.2, 0.25) is 5.02 Å². The van der Waals surface area contributed by atoms with Crippen molar-refractivity contribution in [1.29, 1.82) is 0 Å². The second kappa shape index (κ2) is 10.6. The van der Waals surface area contributed by atoms with E-state index in [9.17, 15) is 5.11 Å². The highest BCUT2D eigenvalue weighted by atomic mass is 79.9. The Kier molecular flexibility index (Phi) is 7.63. The van der Waals surface area contributed by atoms with Crippen molar-refractivity contribution in [3.63, 3.8) is 0 Å². The molecule has 1 aliphatic heterocycles. The highest BCUT2D eigenvalue weighted by Gasteiger charge is 2.17. The molecule has 0 spiro atoms. The third-order valence-electron chi connectivity index (χ3n) is 4.77. The van der Waals surface area contributed by atoms with Crippen LogP contribution in [-0.4, -0.2) is 52.6 Å². The first-order valence-corrected chi connectivity index (χ1v) is 11.9. The Labute approximate surface area is 212 Å². The van der Waals surface area contributed by atoms with Crippen LogP contribution >= 0.6 is 43.5 Å². The predicted molar refractivity (Wildman–Crippen MR) is 137 cm³/mol. The number of hydrogen-bond donors (Lipinski definition) is 3. The molecule has 2 heterocycles. The summed E-state index contributed by atoms with van der Waals surface area (Å²) in [5.41, 5.74) is 5.07. The second-order valence-corrected chi connectivity index (χ2v) is 9.34. The average molecular weight is 598 g/mol. The molecular weight excluding hydrogens is 578 g/mol. The zero-order valence-electron chi connectivity index (χ0n) is 17.5. The number of benzene rings is 2. The summed E-state index contributed by atoms with van der Waals surface area (Å²) in [5.74, 6) is 1.17. The normalized spacial score (nSPS) is 14.0. The van der Waals surface area contributed by atoms with Gasteiger partial charge in [0.1, 0.15) is 5.75 Å². The molecule has 1 aliphatic rings. The van der Waals surface area contributed by atoms with Crippen molar-refractivity contribution in [2.45, 2.75) is 6.92 Å². The maximum atomic E-state index is 10.2. The highest BCUT2D eigenvalue weighted by molar-refractivity contribution is 9.11. The number of nitrogens with zero attached hydrogens (tertiary/aromatic N) is 5. The molecule has 3 aromatic rings. The third kappa shape index (κ3) is 6.11. The summed E-state index contributed by atoms with van der Waals surface area (Å²) in [6.07, 6.45) is 1.48. The number of aryl methyl sites for hydroxylation is 1. The number of morpholine rings is 1. The van der Waals surface area contributed by atoms with Crippen molar-refractivity contribution in [1.82, 2.24) is 15.0 Å². The Balaban J connectivity index is 1.60. The topological polar surface area (TPSA) is 108 Å². The molecule has 4 rings (SSSR count). The van der Waals surface area contributed by atoms with Crippen LogP contribution in [0.5, 0.6) is 5.75 Å². The fourth-order valence-electron chi connectivity index (χ4n) is 3.02. The molecule has 1 fully saturated rings. The SMILES string of the molecule is Cc1ccc(Nc2nc(N/N=C/c3cc(Br)cc(Br)c3O)nc(N3CCOCC3)n2)cc1Cl. The van der Waals surface area contributed by atoms with Gasteiger partial charge in [-0.15, -0.1) is 0 Å². The van der Waals surface area contributed by atoms with Gasteiger partial charge in [-0.3, -0.25) is 0 Å². The zero-order chi connectivity index (χ0) is 23.4. The van der Waals surface area contributed by atoms with Gasteiger partial charge in [0.15, 0.2) is 0 Å².